The third-order valence-electron chi connectivity index (χ3n) is 6.49. The first-order valence-corrected chi connectivity index (χ1v) is 12.8. The molecule has 0 amide bonds. The van der Waals surface area contributed by atoms with Gasteiger partial charge in [-0.3, -0.25) is 9.59 Å². The van der Waals surface area contributed by atoms with Gasteiger partial charge in [0.2, 0.25) is 5.78 Å². The highest BCUT2D eigenvalue weighted by molar-refractivity contribution is 6.08. The number of carbonyl (C=O) groups is 2. The highest BCUT2D eigenvalue weighted by Gasteiger charge is 2.64. The molecule has 232 valence electrons. The Morgan fingerprint density at radius 3 is 2.33 bits per heavy atom. The normalized spacial score (nSPS) is 27.6. The number of ketones is 2. The standard InChI is InChI=1S/C28H36O14/c1-17(29)28(27(42-36-6)26(41-35-5)25(40-34-4)23(39-28)16-37-33-3)38-22-9-7-8-20(30)24(22)21(31)15-12-18-10-13-19(32-2)14-11-18/h7-10,12-15,18,23,25-27,30H,11,16H2,1-6H3/t18?,23-,25-,26+,27-,28-/m1/s1. The predicted molar refractivity (Wildman–Crippen MR) is 141 cm³/mol. The number of methoxy groups -OCH3 is 1. The van der Waals surface area contributed by atoms with Gasteiger partial charge in [-0.25, -0.2) is 39.1 Å². The van der Waals surface area contributed by atoms with Crippen LogP contribution in [-0.2, 0) is 53.4 Å². The van der Waals surface area contributed by atoms with Crippen molar-refractivity contribution < 1.29 is 68.0 Å². The highest BCUT2D eigenvalue weighted by Crippen LogP contribution is 2.40. The van der Waals surface area contributed by atoms with Crippen molar-refractivity contribution in [3.63, 3.8) is 0 Å². The van der Waals surface area contributed by atoms with Crippen LogP contribution in [0.4, 0.5) is 0 Å². The number of benzene rings is 1. The zero-order valence-electron chi connectivity index (χ0n) is 24.2. The van der Waals surface area contributed by atoms with Gasteiger partial charge in [-0.2, -0.15) is 0 Å². The largest absolute Gasteiger partial charge is 0.507 e. The molecule has 0 bridgehead atoms. The summed E-state index contributed by atoms with van der Waals surface area (Å²) in [6.45, 7) is 0.873. The number of hydrogen-bond acceptors (Lipinski definition) is 14. The van der Waals surface area contributed by atoms with Crippen LogP contribution in [0.2, 0.25) is 0 Å². The average molecular weight is 597 g/mol. The van der Waals surface area contributed by atoms with Crippen LogP contribution in [0.5, 0.6) is 11.5 Å². The van der Waals surface area contributed by atoms with Crippen LogP contribution in [0.1, 0.15) is 23.7 Å². The number of phenolic OH excluding ortho intramolecular Hbond substituents is 1. The van der Waals surface area contributed by atoms with Gasteiger partial charge in [0.05, 0.1) is 35.5 Å². The van der Waals surface area contributed by atoms with Crippen LogP contribution in [0.3, 0.4) is 0 Å². The zero-order chi connectivity index (χ0) is 30.7. The summed E-state index contributed by atoms with van der Waals surface area (Å²) in [5.41, 5.74) is -0.230. The van der Waals surface area contributed by atoms with E-state index in [0.717, 1.165) is 5.76 Å². The minimum Gasteiger partial charge on any atom is -0.507 e. The minimum atomic E-state index is -2.35. The Kier molecular flexibility index (Phi) is 12.6. The van der Waals surface area contributed by atoms with Gasteiger partial charge in [-0.05, 0) is 42.7 Å². The molecule has 2 aliphatic rings. The lowest BCUT2D eigenvalue weighted by molar-refractivity contribution is -0.478. The average Bonchev–Trinajstić information content (AvgIpc) is 2.98. The van der Waals surface area contributed by atoms with Crippen LogP contribution in [0.25, 0.3) is 0 Å². The number of ether oxygens (including phenoxy) is 3. The quantitative estimate of drug-likeness (QED) is 0.129. The van der Waals surface area contributed by atoms with E-state index in [2.05, 4.69) is 0 Å². The summed E-state index contributed by atoms with van der Waals surface area (Å²) in [7, 11) is 6.52. The highest BCUT2D eigenvalue weighted by atomic mass is 17.2. The van der Waals surface area contributed by atoms with Crippen molar-refractivity contribution in [3.8, 4) is 11.5 Å². The number of hydrogen-bond donors (Lipinski definition) is 1. The summed E-state index contributed by atoms with van der Waals surface area (Å²) in [5.74, 6) is -3.63. The van der Waals surface area contributed by atoms with Crippen molar-refractivity contribution in [2.45, 2.75) is 43.5 Å². The van der Waals surface area contributed by atoms with Gasteiger partial charge in [0.15, 0.2) is 24.1 Å². The summed E-state index contributed by atoms with van der Waals surface area (Å²) in [5, 5.41) is 10.7. The van der Waals surface area contributed by atoms with E-state index < -0.39 is 47.5 Å². The number of rotatable bonds is 16. The van der Waals surface area contributed by atoms with Crippen LogP contribution in [0, 0.1) is 5.92 Å². The molecular weight excluding hydrogens is 560 g/mol. The zero-order valence-corrected chi connectivity index (χ0v) is 24.2. The fraction of sp³-hybridized carbons (Fsp3) is 0.500. The number of carbonyl (C=O) groups excluding carboxylic acids is 2. The Bertz CT molecular complexity index is 1150. The molecule has 0 saturated carbocycles. The van der Waals surface area contributed by atoms with E-state index in [4.69, 9.17) is 53.3 Å². The molecule has 1 N–H and O–H groups in total. The Labute approximate surface area is 242 Å². The minimum absolute atomic E-state index is 0.0843. The van der Waals surface area contributed by atoms with Crippen molar-refractivity contribution >= 4 is 11.6 Å². The van der Waals surface area contributed by atoms with E-state index >= 15 is 0 Å². The van der Waals surface area contributed by atoms with E-state index in [1.807, 2.05) is 12.2 Å². The molecule has 1 heterocycles. The van der Waals surface area contributed by atoms with Crippen LogP contribution >= 0.6 is 0 Å². The Balaban J connectivity index is 2.04. The van der Waals surface area contributed by atoms with E-state index in [-0.39, 0.29) is 23.8 Å². The summed E-state index contributed by atoms with van der Waals surface area (Å²) in [6, 6.07) is 4.12. The second-order valence-corrected chi connectivity index (χ2v) is 9.01. The number of allylic oxidation sites excluding steroid dienone is 5. The lowest BCUT2D eigenvalue weighted by Crippen LogP contribution is -2.71. The molecule has 1 unspecified atom stereocenters. The number of Topliss-reactive ketones (excluding diaryl/α,β-unsaturated/α-hetero) is 1. The van der Waals surface area contributed by atoms with Crippen molar-refractivity contribution in [3.05, 3.63) is 59.9 Å². The van der Waals surface area contributed by atoms with Gasteiger partial charge in [-0.1, -0.05) is 18.2 Å². The maximum atomic E-state index is 13.4. The van der Waals surface area contributed by atoms with Crippen molar-refractivity contribution in [1.82, 2.24) is 0 Å². The molecule has 1 aromatic carbocycles. The van der Waals surface area contributed by atoms with E-state index in [0.29, 0.717) is 6.42 Å². The molecule has 6 atom stereocenters. The third-order valence-corrected chi connectivity index (χ3v) is 6.49. The van der Waals surface area contributed by atoms with E-state index in [9.17, 15) is 14.7 Å². The second-order valence-electron chi connectivity index (χ2n) is 9.01. The fourth-order valence-corrected chi connectivity index (χ4v) is 4.55. The molecule has 0 spiro atoms. The molecule has 14 nitrogen and oxygen atoms in total. The van der Waals surface area contributed by atoms with Crippen LogP contribution < -0.4 is 4.74 Å². The SMILES string of the molecule is COOC[C@H]1O[C@](Oc2cccc(O)c2C(=O)C=CC2C=CC(OC)=CC2)(C(C)=O)[C@H](OOC)[C@@H](OOC)[C@@H]1OOC. The van der Waals surface area contributed by atoms with Crippen LogP contribution in [0.15, 0.2) is 54.3 Å². The molecular formula is C28H36O14. The van der Waals surface area contributed by atoms with Crippen molar-refractivity contribution in [2.75, 3.05) is 42.2 Å². The second kappa shape index (κ2) is 15.9. The van der Waals surface area contributed by atoms with Gasteiger partial charge in [-0.15, -0.1) is 0 Å². The molecule has 14 heteroatoms. The van der Waals surface area contributed by atoms with E-state index in [1.54, 1.807) is 19.3 Å². The van der Waals surface area contributed by atoms with Gasteiger partial charge < -0.3 is 19.3 Å². The van der Waals surface area contributed by atoms with Gasteiger partial charge >= 0.3 is 5.79 Å². The van der Waals surface area contributed by atoms with Crippen molar-refractivity contribution in [1.29, 1.82) is 0 Å². The molecule has 1 aromatic rings. The summed E-state index contributed by atoms with van der Waals surface area (Å²) in [4.78, 5) is 67.5. The fourth-order valence-electron chi connectivity index (χ4n) is 4.55. The van der Waals surface area contributed by atoms with E-state index in [1.165, 1.54) is 59.6 Å². The lowest BCUT2D eigenvalue weighted by Gasteiger charge is -2.48. The van der Waals surface area contributed by atoms with Gasteiger partial charge in [0, 0.05) is 6.92 Å². The maximum absolute atomic E-state index is 13.4. The molecule has 0 radical (unpaired) electrons. The third kappa shape index (κ3) is 7.60. The number of aromatic hydroxyl groups is 1. The summed E-state index contributed by atoms with van der Waals surface area (Å²) < 4.78 is 17.5. The first-order valence-electron chi connectivity index (χ1n) is 12.8. The first kappa shape index (κ1) is 33.3. The molecule has 1 aliphatic carbocycles. The van der Waals surface area contributed by atoms with Crippen LogP contribution in [-0.4, -0.2) is 89.0 Å². The Morgan fingerprint density at radius 1 is 1.02 bits per heavy atom. The number of phenols is 1. The molecule has 1 fully saturated rings. The smallest absolute Gasteiger partial charge is 0.303 e. The topological polar surface area (TPSA) is 156 Å². The molecule has 0 aromatic heterocycles. The molecule has 42 heavy (non-hydrogen) atoms. The summed E-state index contributed by atoms with van der Waals surface area (Å²) >= 11 is 0. The maximum Gasteiger partial charge on any atom is 0.303 e. The van der Waals surface area contributed by atoms with Gasteiger partial charge in [0.1, 0.15) is 35.5 Å². The first-order chi connectivity index (χ1) is 20.3. The molecule has 1 saturated heterocycles. The summed E-state index contributed by atoms with van der Waals surface area (Å²) in [6.07, 6.45) is 4.07. The lowest BCUT2D eigenvalue weighted by atomic mass is 9.90. The van der Waals surface area contributed by atoms with Gasteiger partial charge in [0.25, 0.3) is 0 Å². The molecule has 3 rings (SSSR count). The monoisotopic (exact) mass is 596 g/mol. The Hall–Kier alpha value is -3.18. The molecule has 1 aliphatic heterocycles. The van der Waals surface area contributed by atoms with Crippen molar-refractivity contribution in [2.24, 2.45) is 5.92 Å². The Morgan fingerprint density at radius 2 is 1.74 bits per heavy atom. The predicted octanol–water partition coefficient (Wildman–Crippen LogP) is 2.72.